The normalized spacial score (nSPS) is 19.3. The molecule has 82 heavy (non-hydrogen) atoms. The van der Waals surface area contributed by atoms with E-state index in [4.69, 9.17) is 9.47 Å². The monoisotopic (exact) mass is 1140 g/mol. The smallest absolute Gasteiger partial charge is 0.220 e. The van der Waals surface area contributed by atoms with Crippen molar-refractivity contribution in [1.29, 1.82) is 0 Å². The molecule has 9 heteroatoms. The summed E-state index contributed by atoms with van der Waals surface area (Å²) in [6.45, 7) is 3.65. The Kier molecular flexibility index (Phi) is 55.9. The second-order valence-electron chi connectivity index (χ2n) is 22.2. The summed E-state index contributed by atoms with van der Waals surface area (Å²) in [4.78, 5) is 13.1. The largest absolute Gasteiger partial charge is 0.394 e. The second kappa shape index (κ2) is 60.2. The Hall–Kier alpha value is -3.93. The van der Waals surface area contributed by atoms with Gasteiger partial charge in [0.1, 0.15) is 24.4 Å². The van der Waals surface area contributed by atoms with Crippen molar-refractivity contribution < 1.29 is 39.8 Å². The van der Waals surface area contributed by atoms with Crippen molar-refractivity contribution in [3.05, 3.63) is 146 Å². The molecule has 6 N–H and O–H groups in total. The predicted octanol–water partition coefficient (Wildman–Crippen LogP) is 17.8. The number of aliphatic hydroxyl groups is 5. The van der Waals surface area contributed by atoms with Crippen LogP contribution in [0.3, 0.4) is 0 Å². The first-order valence-electron chi connectivity index (χ1n) is 33.1. The van der Waals surface area contributed by atoms with E-state index in [9.17, 15) is 30.3 Å². The van der Waals surface area contributed by atoms with Crippen LogP contribution in [0, 0.1) is 0 Å². The van der Waals surface area contributed by atoms with E-state index in [0.717, 1.165) is 109 Å². The Labute approximate surface area is 502 Å². The molecule has 1 rings (SSSR count). The fraction of sp³-hybridized carbons (Fsp3) is 0.658. The van der Waals surface area contributed by atoms with Crippen LogP contribution < -0.4 is 5.32 Å². The minimum atomic E-state index is -1.58. The minimum absolute atomic E-state index is 0.210. The van der Waals surface area contributed by atoms with E-state index in [1.165, 1.54) is 116 Å². The fourth-order valence-electron chi connectivity index (χ4n) is 9.51. The zero-order chi connectivity index (χ0) is 59.3. The molecule has 0 aliphatic carbocycles. The zero-order valence-corrected chi connectivity index (χ0v) is 51.9. The van der Waals surface area contributed by atoms with Crippen LogP contribution in [-0.2, 0) is 14.3 Å². The molecule has 1 aliphatic heterocycles. The van der Waals surface area contributed by atoms with Crippen molar-refractivity contribution >= 4 is 5.91 Å². The van der Waals surface area contributed by atoms with Crippen LogP contribution in [-0.4, -0.2) is 87.5 Å². The van der Waals surface area contributed by atoms with Crippen molar-refractivity contribution in [2.75, 3.05) is 13.2 Å². The van der Waals surface area contributed by atoms with Crippen molar-refractivity contribution in [3.63, 3.8) is 0 Å². The zero-order valence-electron chi connectivity index (χ0n) is 51.9. The van der Waals surface area contributed by atoms with Gasteiger partial charge in [0.05, 0.1) is 25.4 Å². The lowest BCUT2D eigenvalue weighted by Gasteiger charge is -2.40. The first-order chi connectivity index (χ1) is 40.3. The van der Waals surface area contributed by atoms with Gasteiger partial charge in [-0.2, -0.15) is 0 Å². The molecule has 7 unspecified atom stereocenters. The molecule has 0 aromatic heterocycles. The number of allylic oxidation sites excluding steroid dienone is 23. The number of amides is 1. The number of aliphatic hydroxyl groups excluding tert-OH is 5. The third-order valence-corrected chi connectivity index (χ3v) is 14.7. The standard InChI is InChI=1S/C73H121NO8/c1-3-5-7-9-11-13-15-17-19-21-23-25-27-28-29-30-31-32-33-34-35-36-37-38-39-40-41-43-45-47-49-51-53-55-57-59-61-63-69(77)74-66(65-81-73-72(80)71(79)70(78)68(64-75)82-73)67(76)62-60-58-56-54-52-50-48-46-44-42-26-24-22-20-18-16-14-12-10-8-6-4-2/h5,7,11,13,17,19,23,25,28-29,31-32,34-35,37-38,40-41,45,47,51,53,60,62,66-68,70-73,75-76,78-80H,3-4,6,8-10,12,14-16,18,20-22,24,26-27,30,33,36,39,42-44,46,48-50,52,54-59,61,63-65H2,1-2H3,(H,74,77)/b7-5-,13-11-,19-17-,25-23-,29-28-,32-31-,35-34-,38-37-,41-40-,47-45-,53-51-,62-60+. The first kappa shape index (κ1) is 76.1. The molecule has 7 atom stereocenters. The quantitative estimate of drug-likeness (QED) is 0.0261. The number of nitrogens with one attached hydrogen (secondary N) is 1. The lowest BCUT2D eigenvalue weighted by molar-refractivity contribution is -0.302. The molecule has 1 aliphatic rings. The molecule has 0 spiro atoms. The van der Waals surface area contributed by atoms with Crippen LogP contribution in [0.15, 0.2) is 146 Å². The van der Waals surface area contributed by atoms with E-state index in [0.29, 0.717) is 12.8 Å². The van der Waals surface area contributed by atoms with Crippen molar-refractivity contribution in [3.8, 4) is 0 Å². The summed E-state index contributed by atoms with van der Waals surface area (Å²) in [5.74, 6) is -0.213. The van der Waals surface area contributed by atoms with Crippen molar-refractivity contribution in [1.82, 2.24) is 5.32 Å². The van der Waals surface area contributed by atoms with Gasteiger partial charge < -0.3 is 40.3 Å². The maximum absolute atomic E-state index is 13.1. The van der Waals surface area contributed by atoms with Crippen LogP contribution in [0.1, 0.15) is 251 Å². The van der Waals surface area contributed by atoms with Gasteiger partial charge in [-0.15, -0.1) is 0 Å². The van der Waals surface area contributed by atoms with Crippen LogP contribution in [0.4, 0.5) is 0 Å². The van der Waals surface area contributed by atoms with Gasteiger partial charge in [-0.25, -0.2) is 0 Å². The number of ether oxygens (including phenoxy) is 2. The van der Waals surface area contributed by atoms with E-state index in [-0.39, 0.29) is 12.5 Å². The maximum Gasteiger partial charge on any atom is 0.220 e. The summed E-state index contributed by atoms with van der Waals surface area (Å²) in [7, 11) is 0. The van der Waals surface area contributed by atoms with Gasteiger partial charge in [-0.3, -0.25) is 4.79 Å². The summed E-state index contributed by atoms with van der Waals surface area (Å²) < 4.78 is 11.3. The number of hydrogen-bond donors (Lipinski definition) is 6. The second-order valence-corrected chi connectivity index (χ2v) is 22.2. The molecular formula is C73H121NO8. The minimum Gasteiger partial charge on any atom is -0.394 e. The highest BCUT2D eigenvalue weighted by Gasteiger charge is 2.44. The molecule has 9 nitrogen and oxygen atoms in total. The Bertz CT molecular complexity index is 1800. The Morgan fingerprint density at radius 1 is 0.427 bits per heavy atom. The first-order valence-corrected chi connectivity index (χ1v) is 33.1. The molecule has 0 bridgehead atoms. The van der Waals surface area contributed by atoms with E-state index >= 15 is 0 Å². The molecule has 0 aromatic rings. The molecule has 1 saturated heterocycles. The summed E-state index contributed by atoms with van der Waals surface area (Å²) in [6, 6.07) is -0.835. The highest BCUT2D eigenvalue weighted by Crippen LogP contribution is 2.23. The summed E-state index contributed by atoms with van der Waals surface area (Å²) in [5, 5.41) is 54.6. The average Bonchev–Trinajstić information content (AvgIpc) is 3.59. The van der Waals surface area contributed by atoms with Crippen LogP contribution in [0.5, 0.6) is 0 Å². The number of hydrogen-bond acceptors (Lipinski definition) is 8. The molecule has 1 fully saturated rings. The van der Waals surface area contributed by atoms with E-state index < -0.39 is 49.5 Å². The molecular weight excluding hydrogens is 1020 g/mol. The number of unbranched alkanes of at least 4 members (excludes halogenated alkanes) is 23. The maximum atomic E-state index is 13.1. The van der Waals surface area contributed by atoms with Gasteiger partial charge in [0.15, 0.2) is 6.29 Å². The molecule has 1 amide bonds. The van der Waals surface area contributed by atoms with E-state index in [1.54, 1.807) is 6.08 Å². The molecule has 466 valence electrons. The highest BCUT2D eigenvalue weighted by molar-refractivity contribution is 5.76. The van der Waals surface area contributed by atoms with Gasteiger partial charge >= 0.3 is 0 Å². The van der Waals surface area contributed by atoms with Gasteiger partial charge in [0.2, 0.25) is 5.91 Å². The Morgan fingerprint density at radius 2 is 0.756 bits per heavy atom. The van der Waals surface area contributed by atoms with E-state index in [1.807, 2.05) is 6.08 Å². The highest BCUT2D eigenvalue weighted by atomic mass is 16.7. The van der Waals surface area contributed by atoms with Crippen LogP contribution in [0.2, 0.25) is 0 Å². The predicted molar refractivity (Wildman–Crippen MR) is 350 cm³/mol. The third kappa shape index (κ3) is 48.4. The Morgan fingerprint density at radius 3 is 1.12 bits per heavy atom. The van der Waals surface area contributed by atoms with E-state index in [2.05, 4.69) is 153 Å². The molecule has 0 saturated carbocycles. The topological polar surface area (TPSA) is 149 Å². The lowest BCUT2D eigenvalue weighted by atomic mass is 9.99. The van der Waals surface area contributed by atoms with Crippen molar-refractivity contribution in [2.24, 2.45) is 0 Å². The molecule has 1 heterocycles. The summed E-state index contributed by atoms with van der Waals surface area (Å²) in [6.07, 6.45) is 86.4. The average molecular weight is 1140 g/mol. The number of carbonyl (C=O) groups excluding carboxylic acids is 1. The fourth-order valence-corrected chi connectivity index (χ4v) is 9.51. The third-order valence-electron chi connectivity index (χ3n) is 14.7. The van der Waals surface area contributed by atoms with Gasteiger partial charge in [0.25, 0.3) is 0 Å². The van der Waals surface area contributed by atoms with Crippen LogP contribution in [0.25, 0.3) is 0 Å². The van der Waals surface area contributed by atoms with Gasteiger partial charge in [0, 0.05) is 6.42 Å². The summed E-state index contributed by atoms with van der Waals surface area (Å²) in [5.41, 5.74) is 0. The molecule has 0 radical (unpaired) electrons. The van der Waals surface area contributed by atoms with Gasteiger partial charge in [-0.05, 0) is 103 Å². The number of rotatable bonds is 55. The lowest BCUT2D eigenvalue weighted by Crippen LogP contribution is -2.60. The SMILES string of the molecule is CC/C=C\C/C=C\C/C=C\C/C=C\C/C=C\C/C=C\C/C=C\C/C=C\C/C=C\C/C=C\C/C=C\CCCCCC(=O)NC(COC1OC(CO)C(O)C(O)C1O)C(O)/C=C/CCCCCCCCCCCCCCCCCCCCCC. The Balaban J connectivity index is 2.23. The molecule has 0 aromatic carbocycles. The van der Waals surface area contributed by atoms with Gasteiger partial charge in [-0.1, -0.05) is 288 Å². The number of carbonyl (C=O) groups is 1. The van der Waals surface area contributed by atoms with Crippen LogP contribution >= 0.6 is 0 Å². The van der Waals surface area contributed by atoms with Crippen molar-refractivity contribution in [2.45, 2.75) is 294 Å². The summed E-state index contributed by atoms with van der Waals surface area (Å²) >= 11 is 0.